The van der Waals surface area contributed by atoms with Crippen LogP contribution in [-0.2, 0) is 0 Å². The topological polar surface area (TPSA) is 104 Å². The highest BCUT2D eigenvalue weighted by atomic mass is 16.5. The van der Waals surface area contributed by atoms with Gasteiger partial charge in [-0.05, 0) is 60.5 Å². The van der Waals surface area contributed by atoms with Gasteiger partial charge >= 0.3 is 5.97 Å². The molecule has 0 bridgehead atoms. The predicted molar refractivity (Wildman–Crippen MR) is 146 cm³/mol. The Balaban J connectivity index is 1.42. The molecule has 7 heteroatoms. The molecule has 0 aromatic heterocycles. The maximum absolute atomic E-state index is 12.8. The Morgan fingerprint density at radius 1 is 0.897 bits per heavy atom. The molecular weight excluding hydrogens is 492 g/mol. The fourth-order valence-electron chi connectivity index (χ4n) is 4.32. The molecule has 0 radical (unpaired) electrons. The van der Waals surface area contributed by atoms with Gasteiger partial charge < -0.3 is 24.7 Å². The van der Waals surface area contributed by atoms with E-state index < -0.39 is 11.9 Å². The third-order valence-corrected chi connectivity index (χ3v) is 6.11. The average Bonchev–Trinajstić information content (AvgIpc) is 2.96. The number of nitrogens with zero attached hydrogens (tertiary/aromatic N) is 1. The van der Waals surface area contributed by atoms with Crippen molar-refractivity contribution in [2.75, 3.05) is 6.61 Å². The van der Waals surface area contributed by atoms with Crippen LogP contribution >= 0.6 is 0 Å². The maximum atomic E-state index is 12.8. The molecule has 5 rings (SSSR count). The van der Waals surface area contributed by atoms with Crippen molar-refractivity contribution in [3.63, 3.8) is 0 Å². The highest BCUT2D eigenvalue weighted by Crippen LogP contribution is 2.44. The number of nitrogens with two attached hydrogens (primary N) is 1. The van der Waals surface area contributed by atoms with E-state index in [9.17, 15) is 10.1 Å². The molecule has 4 aromatic rings. The summed E-state index contributed by atoms with van der Waals surface area (Å²) < 4.78 is 23.0. The summed E-state index contributed by atoms with van der Waals surface area (Å²) in [7, 11) is 0. The molecule has 4 aromatic carbocycles. The second kappa shape index (κ2) is 11.4. The zero-order chi connectivity index (χ0) is 27.2. The molecule has 1 atom stereocenters. The quantitative estimate of drug-likeness (QED) is 0.204. The number of benzene rings is 4. The van der Waals surface area contributed by atoms with Gasteiger partial charge in [-0.3, -0.25) is 0 Å². The highest BCUT2D eigenvalue weighted by molar-refractivity contribution is 5.91. The summed E-state index contributed by atoms with van der Waals surface area (Å²) in [5, 5.41) is 9.92. The molecule has 0 saturated heterocycles. The molecule has 1 unspecified atom stereocenters. The van der Waals surface area contributed by atoms with Crippen molar-refractivity contribution in [2.24, 2.45) is 5.73 Å². The third kappa shape index (κ3) is 5.71. The van der Waals surface area contributed by atoms with Gasteiger partial charge in [-0.2, -0.15) is 5.26 Å². The number of hydrogen-bond acceptors (Lipinski definition) is 7. The minimum atomic E-state index is -0.531. The van der Waals surface area contributed by atoms with E-state index in [-0.39, 0.29) is 17.2 Å². The standard InChI is InChI=1S/C32H26N2O5/c1-2-16-36-24-12-7-9-22(18-24)32(35)38-26-14-15-27-29(19-26)39-31(34)28(20-33)30(27)21-8-6-13-25(17-21)37-23-10-4-3-5-11-23/h3-15,17-19,30H,2,16,34H2,1H3. The summed E-state index contributed by atoms with van der Waals surface area (Å²) >= 11 is 0. The Kier molecular flexibility index (Phi) is 7.46. The Hall–Kier alpha value is -5.22. The van der Waals surface area contributed by atoms with E-state index in [0.717, 1.165) is 12.0 Å². The van der Waals surface area contributed by atoms with Crippen LogP contribution in [0.1, 0.15) is 40.7 Å². The Bertz CT molecular complexity index is 1570. The van der Waals surface area contributed by atoms with Gasteiger partial charge in [-0.1, -0.05) is 49.4 Å². The van der Waals surface area contributed by atoms with Gasteiger partial charge in [0.15, 0.2) is 0 Å². The van der Waals surface area contributed by atoms with Crippen LogP contribution in [0.15, 0.2) is 109 Å². The molecule has 7 nitrogen and oxygen atoms in total. The molecule has 194 valence electrons. The number of carbonyl (C=O) groups is 1. The fourth-order valence-corrected chi connectivity index (χ4v) is 4.32. The Labute approximate surface area is 226 Å². The van der Waals surface area contributed by atoms with Crippen molar-refractivity contribution >= 4 is 5.97 Å². The number of carbonyl (C=O) groups excluding carboxylic acids is 1. The number of hydrogen-bond donors (Lipinski definition) is 1. The third-order valence-electron chi connectivity index (χ3n) is 6.11. The first-order valence-electron chi connectivity index (χ1n) is 12.5. The minimum absolute atomic E-state index is 0.00590. The number of rotatable bonds is 8. The fraction of sp³-hybridized carbons (Fsp3) is 0.125. The molecule has 0 fully saturated rings. The molecule has 0 saturated carbocycles. The molecule has 1 aliphatic heterocycles. The van der Waals surface area contributed by atoms with E-state index in [1.54, 1.807) is 42.5 Å². The summed E-state index contributed by atoms with van der Waals surface area (Å²) in [5.74, 6) is 1.58. The van der Waals surface area contributed by atoms with Crippen LogP contribution in [0.2, 0.25) is 0 Å². The average molecular weight is 519 g/mol. The van der Waals surface area contributed by atoms with Crippen molar-refractivity contribution in [1.82, 2.24) is 0 Å². The van der Waals surface area contributed by atoms with Crippen LogP contribution in [0, 0.1) is 11.3 Å². The number of para-hydroxylation sites is 1. The monoisotopic (exact) mass is 518 g/mol. The smallest absolute Gasteiger partial charge is 0.343 e. The number of esters is 1. The van der Waals surface area contributed by atoms with Crippen LogP contribution in [0.4, 0.5) is 0 Å². The normalized spacial score (nSPS) is 14.0. The van der Waals surface area contributed by atoms with E-state index in [0.29, 0.717) is 40.7 Å². The number of nitriles is 1. The van der Waals surface area contributed by atoms with E-state index in [2.05, 4.69) is 6.07 Å². The summed E-state index contributed by atoms with van der Waals surface area (Å²) in [6.45, 7) is 2.57. The van der Waals surface area contributed by atoms with Gasteiger partial charge in [0.1, 0.15) is 40.4 Å². The van der Waals surface area contributed by atoms with Crippen molar-refractivity contribution in [3.05, 3.63) is 125 Å². The predicted octanol–water partition coefficient (Wildman–Crippen LogP) is 6.71. The summed E-state index contributed by atoms with van der Waals surface area (Å²) in [5.41, 5.74) is 8.34. The largest absolute Gasteiger partial charge is 0.494 e. The van der Waals surface area contributed by atoms with Crippen LogP contribution in [0.25, 0.3) is 0 Å². The first-order chi connectivity index (χ1) is 19.1. The molecule has 2 N–H and O–H groups in total. The lowest BCUT2D eigenvalue weighted by Crippen LogP contribution is -2.21. The van der Waals surface area contributed by atoms with Crippen molar-refractivity contribution in [2.45, 2.75) is 19.3 Å². The van der Waals surface area contributed by atoms with E-state index >= 15 is 0 Å². The van der Waals surface area contributed by atoms with Crippen molar-refractivity contribution in [1.29, 1.82) is 5.26 Å². The van der Waals surface area contributed by atoms with Crippen LogP contribution in [0.5, 0.6) is 28.7 Å². The summed E-state index contributed by atoms with van der Waals surface area (Å²) in [6.07, 6.45) is 0.861. The molecule has 1 heterocycles. The maximum Gasteiger partial charge on any atom is 0.343 e. The van der Waals surface area contributed by atoms with Gasteiger partial charge in [0, 0.05) is 11.6 Å². The van der Waals surface area contributed by atoms with Crippen LogP contribution < -0.4 is 24.7 Å². The van der Waals surface area contributed by atoms with Gasteiger partial charge in [-0.25, -0.2) is 4.79 Å². The molecular formula is C32H26N2O5. The SMILES string of the molecule is CCCOc1cccc(C(=O)Oc2ccc3c(c2)OC(N)=C(C#N)C3c2cccc(Oc3ccccc3)c2)c1. The molecule has 39 heavy (non-hydrogen) atoms. The summed E-state index contributed by atoms with van der Waals surface area (Å²) in [4.78, 5) is 12.8. The van der Waals surface area contributed by atoms with Crippen LogP contribution in [-0.4, -0.2) is 12.6 Å². The minimum Gasteiger partial charge on any atom is -0.494 e. The lowest BCUT2D eigenvalue weighted by molar-refractivity contribution is 0.0734. The number of fused-ring (bicyclic) bond motifs is 1. The zero-order valence-corrected chi connectivity index (χ0v) is 21.3. The van der Waals surface area contributed by atoms with Gasteiger partial charge in [0.25, 0.3) is 0 Å². The van der Waals surface area contributed by atoms with Crippen molar-refractivity contribution in [3.8, 4) is 34.8 Å². The molecule has 1 aliphatic rings. The lowest BCUT2D eigenvalue weighted by Gasteiger charge is -2.27. The van der Waals surface area contributed by atoms with E-state index in [1.807, 2.05) is 61.5 Å². The highest BCUT2D eigenvalue weighted by Gasteiger charge is 2.31. The molecule has 0 spiro atoms. The second-order valence-corrected chi connectivity index (χ2v) is 8.88. The lowest BCUT2D eigenvalue weighted by atomic mass is 9.83. The first kappa shape index (κ1) is 25.4. The van der Waals surface area contributed by atoms with E-state index in [1.165, 1.54) is 0 Å². The van der Waals surface area contributed by atoms with E-state index in [4.69, 9.17) is 24.7 Å². The zero-order valence-electron chi connectivity index (χ0n) is 21.3. The second-order valence-electron chi connectivity index (χ2n) is 8.88. The molecule has 0 amide bonds. The summed E-state index contributed by atoms with van der Waals surface area (Å²) in [6, 6.07) is 31.0. The van der Waals surface area contributed by atoms with Gasteiger partial charge in [0.05, 0.1) is 18.1 Å². The first-order valence-corrected chi connectivity index (χ1v) is 12.5. The number of ether oxygens (including phenoxy) is 4. The van der Waals surface area contributed by atoms with Crippen LogP contribution in [0.3, 0.4) is 0 Å². The Morgan fingerprint density at radius 3 is 2.46 bits per heavy atom. The number of allylic oxidation sites excluding steroid dienone is 1. The Morgan fingerprint density at radius 2 is 1.67 bits per heavy atom. The van der Waals surface area contributed by atoms with Gasteiger partial charge in [-0.15, -0.1) is 0 Å². The van der Waals surface area contributed by atoms with Gasteiger partial charge in [0.2, 0.25) is 5.88 Å². The molecule has 0 aliphatic carbocycles. The van der Waals surface area contributed by atoms with Crippen molar-refractivity contribution < 1.29 is 23.7 Å².